The molecule has 0 unspecified atom stereocenters. The zero-order chi connectivity index (χ0) is 17.2. The van der Waals surface area contributed by atoms with Gasteiger partial charge in [0.1, 0.15) is 30.3 Å². The SMILES string of the molecule is CN1C(=O)[C@@H](NC(=O)OC(C)(C)C)COc2ccc(C=O)cc21. The minimum absolute atomic E-state index is 0.0180. The Morgan fingerprint density at radius 2 is 2.13 bits per heavy atom. The second-order valence-electron chi connectivity index (χ2n) is 6.25. The quantitative estimate of drug-likeness (QED) is 0.839. The maximum Gasteiger partial charge on any atom is 0.408 e. The molecule has 1 atom stereocenters. The van der Waals surface area contributed by atoms with Gasteiger partial charge in [-0.3, -0.25) is 9.59 Å². The third-order valence-corrected chi connectivity index (χ3v) is 3.21. The number of benzene rings is 1. The van der Waals surface area contributed by atoms with Gasteiger partial charge < -0.3 is 19.7 Å². The van der Waals surface area contributed by atoms with E-state index in [0.717, 1.165) is 0 Å². The Morgan fingerprint density at radius 1 is 1.43 bits per heavy atom. The fourth-order valence-corrected chi connectivity index (χ4v) is 2.14. The first-order valence-corrected chi connectivity index (χ1v) is 7.20. The molecule has 124 valence electrons. The smallest absolute Gasteiger partial charge is 0.408 e. The Bertz CT molecular complexity index is 636. The largest absolute Gasteiger partial charge is 0.489 e. The topological polar surface area (TPSA) is 84.9 Å². The van der Waals surface area contributed by atoms with Gasteiger partial charge in [0.05, 0.1) is 5.69 Å². The summed E-state index contributed by atoms with van der Waals surface area (Å²) < 4.78 is 10.7. The van der Waals surface area contributed by atoms with Crippen molar-refractivity contribution in [3.8, 4) is 5.75 Å². The molecule has 1 aliphatic rings. The van der Waals surface area contributed by atoms with E-state index in [1.807, 2.05) is 0 Å². The lowest BCUT2D eigenvalue weighted by Gasteiger charge is -2.23. The van der Waals surface area contributed by atoms with Crippen LogP contribution in [0.2, 0.25) is 0 Å². The minimum Gasteiger partial charge on any atom is -0.489 e. The average Bonchev–Trinajstić information content (AvgIpc) is 2.57. The van der Waals surface area contributed by atoms with Crippen molar-refractivity contribution in [3.05, 3.63) is 23.8 Å². The van der Waals surface area contributed by atoms with Gasteiger partial charge in [0.2, 0.25) is 0 Å². The van der Waals surface area contributed by atoms with Gasteiger partial charge in [-0.25, -0.2) is 4.79 Å². The Balaban J connectivity index is 2.17. The molecule has 7 nitrogen and oxygen atoms in total. The number of ether oxygens (including phenoxy) is 2. The van der Waals surface area contributed by atoms with E-state index in [4.69, 9.17) is 9.47 Å². The summed E-state index contributed by atoms with van der Waals surface area (Å²) in [6, 6.07) is 3.92. The summed E-state index contributed by atoms with van der Waals surface area (Å²) in [5.74, 6) is 0.123. The van der Waals surface area contributed by atoms with Gasteiger partial charge in [-0.2, -0.15) is 0 Å². The molecule has 0 saturated heterocycles. The highest BCUT2D eigenvalue weighted by Crippen LogP contribution is 2.31. The third kappa shape index (κ3) is 4.00. The molecule has 1 aliphatic heterocycles. The number of alkyl carbamates (subject to hydrolysis) is 1. The molecule has 0 aliphatic carbocycles. The lowest BCUT2D eigenvalue weighted by Crippen LogP contribution is -2.50. The van der Waals surface area contributed by atoms with Crippen molar-refractivity contribution >= 4 is 24.0 Å². The maximum absolute atomic E-state index is 12.5. The van der Waals surface area contributed by atoms with Crippen molar-refractivity contribution in [2.24, 2.45) is 0 Å². The van der Waals surface area contributed by atoms with Gasteiger partial charge in [-0.1, -0.05) is 0 Å². The summed E-state index contributed by atoms with van der Waals surface area (Å²) in [6.07, 6.45) is 0.00676. The number of nitrogens with zero attached hydrogens (tertiary/aromatic N) is 1. The first-order chi connectivity index (χ1) is 10.7. The summed E-state index contributed by atoms with van der Waals surface area (Å²) in [5.41, 5.74) is 0.255. The molecule has 0 bridgehead atoms. The van der Waals surface area contributed by atoms with Crippen LogP contribution in [0.25, 0.3) is 0 Å². The number of rotatable bonds is 2. The lowest BCUT2D eigenvalue weighted by atomic mass is 10.2. The van der Waals surface area contributed by atoms with E-state index < -0.39 is 17.7 Å². The Morgan fingerprint density at radius 3 is 2.74 bits per heavy atom. The van der Waals surface area contributed by atoms with E-state index >= 15 is 0 Å². The van der Waals surface area contributed by atoms with Gasteiger partial charge in [0.15, 0.2) is 0 Å². The molecule has 1 aromatic rings. The van der Waals surface area contributed by atoms with Crippen molar-refractivity contribution in [1.29, 1.82) is 0 Å². The lowest BCUT2D eigenvalue weighted by molar-refractivity contribution is -0.120. The molecule has 0 aromatic heterocycles. The summed E-state index contributed by atoms with van der Waals surface area (Å²) in [4.78, 5) is 36.6. The van der Waals surface area contributed by atoms with E-state index in [9.17, 15) is 14.4 Å². The van der Waals surface area contributed by atoms with Crippen LogP contribution in [0.3, 0.4) is 0 Å². The normalized spacial score (nSPS) is 17.7. The monoisotopic (exact) mass is 320 g/mol. The van der Waals surface area contributed by atoms with Gasteiger partial charge in [-0.05, 0) is 39.0 Å². The molecule has 0 spiro atoms. The van der Waals surface area contributed by atoms with E-state index in [2.05, 4.69) is 5.32 Å². The van der Waals surface area contributed by atoms with Crippen LogP contribution in [0, 0.1) is 0 Å². The van der Waals surface area contributed by atoms with Gasteiger partial charge in [-0.15, -0.1) is 0 Å². The van der Waals surface area contributed by atoms with Crippen molar-refractivity contribution in [2.75, 3.05) is 18.6 Å². The highest BCUT2D eigenvalue weighted by atomic mass is 16.6. The molecule has 23 heavy (non-hydrogen) atoms. The number of carbonyl (C=O) groups is 3. The first-order valence-electron chi connectivity index (χ1n) is 7.20. The molecular weight excluding hydrogens is 300 g/mol. The zero-order valence-electron chi connectivity index (χ0n) is 13.6. The summed E-state index contributed by atoms with van der Waals surface area (Å²) in [6.45, 7) is 5.19. The highest BCUT2D eigenvalue weighted by Gasteiger charge is 2.31. The van der Waals surface area contributed by atoms with Crippen LogP contribution >= 0.6 is 0 Å². The molecule has 1 N–H and O–H groups in total. The predicted molar refractivity (Wildman–Crippen MR) is 83.9 cm³/mol. The second kappa shape index (κ2) is 6.28. The number of hydrogen-bond donors (Lipinski definition) is 1. The van der Waals surface area contributed by atoms with E-state index in [0.29, 0.717) is 23.3 Å². The second-order valence-corrected chi connectivity index (χ2v) is 6.25. The average molecular weight is 320 g/mol. The van der Waals surface area contributed by atoms with Crippen LogP contribution in [-0.2, 0) is 9.53 Å². The van der Waals surface area contributed by atoms with E-state index in [-0.39, 0.29) is 12.5 Å². The number of amides is 2. The van der Waals surface area contributed by atoms with Crippen molar-refractivity contribution < 1.29 is 23.9 Å². The van der Waals surface area contributed by atoms with Crippen LogP contribution < -0.4 is 15.0 Å². The molecule has 0 radical (unpaired) electrons. The summed E-state index contributed by atoms with van der Waals surface area (Å²) >= 11 is 0. The van der Waals surface area contributed by atoms with Gasteiger partial charge in [0.25, 0.3) is 5.91 Å². The molecule has 1 aromatic carbocycles. The number of likely N-dealkylation sites (N-methyl/N-ethyl adjacent to an activating group) is 1. The fourth-order valence-electron chi connectivity index (χ4n) is 2.14. The molecular formula is C16H20N2O5. The third-order valence-electron chi connectivity index (χ3n) is 3.21. The molecule has 7 heteroatoms. The molecule has 0 saturated carbocycles. The molecule has 2 rings (SSSR count). The number of hydrogen-bond acceptors (Lipinski definition) is 5. The van der Waals surface area contributed by atoms with Crippen LogP contribution in [0.1, 0.15) is 31.1 Å². The van der Waals surface area contributed by atoms with Gasteiger partial charge in [0, 0.05) is 12.6 Å². The number of nitrogens with one attached hydrogen (secondary N) is 1. The van der Waals surface area contributed by atoms with Crippen LogP contribution in [0.15, 0.2) is 18.2 Å². The number of anilines is 1. The summed E-state index contributed by atoms with van der Waals surface area (Å²) in [5, 5.41) is 2.51. The first kappa shape index (κ1) is 16.8. The Kier molecular flexibility index (Phi) is 4.58. The number of fused-ring (bicyclic) bond motifs is 1. The van der Waals surface area contributed by atoms with Crippen molar-refractivity contribution in [2.45, 2.75) is 32.4 Å². The van der Waals surface area contributed by atoms with Gasteiger partial charge >= 0.3 is 6.09 Å². The van der Waals surface area contributed by atoms with Crippen LogP contribution in [0.4, 0.5) is 10.5 Å². The highest BCUT2D eigenvalue weighted by molar-refractivity contribution is 6.00. The minimum atomic E-state index is -0.873. The number of carbonyl (C=O) groups excluding carboxylic acids is 3. The van der Waals surface area contributed by atoms with E-state index in [1.165, 1.54) is 4.90 Å². The predicted octanol–water partition coefficient (Wildman–Crippen LogP) is 1.75. The summed E-state index contributed by atoms with van der Waals surface area (Å²) in [7, 11) is 1.56. The number of aldehydes is 1. The zero-order valence-corrected chi connectivity index (χ0v) is 13.6. The molecule has 2 amide bonds. The standard InChI is InChI=1S/C16H20N2O5/c1-16(2,3)23-15(21)17-11-9-22-13-6-5-10(8-19)7-12(13)18(4)14(11)20/h5-8,11H,9H2,1-4H3,(H,17,21)/t11-/m0/s1. The Hall–Kier alpha value is -2.57. The fraction of sp³-hybridized carbons (Fsp3) is 0.438. The molecule has 0 fully saturated rings. The molecule has 1 heterocycles. The van der Waals surface area contributed by atoms with Crippen molar-refractivity contribution in [1.82, 2.24) is 5.32 Å². The maximum atomic E-state index is 12.5. The van der Waals surface area contributed by atoms with Crippen LogP contribution in [-0.4, -0.2) is 43.6 Å². The van der Waals surface area contributed by atoms with Crippen LogP contribution in [0.5, 0.6) is 5.75 Å². The van der Waals surface area contributed by atoms with E-state index in [1.54, 1.807) is 46.0 Å². The van der Waals surface area contributed by atoms with Crippen molar-refractivity contribution in [3.63, 3.8) is 0 Å². The Labute approximate surface area is 134 Å².